The van der Waals surface area contributed by atoms with Crippen molar-refractivity contribution in [1.82, 2.24) is 42.1 Å². The second kappa shape index (κ2) is 27.6. The Morgan fingerprint density at radius 1 is 0.656 bits per heavy atom. The monoisotopic (exact) mass is 903 g/mol. The number of aliphatic hydroxyl groups is 1. The maximum absolute atomic E-state index is 14.0. The van der Waals surface area contributed by atoms with Gasteiger partial charge in [-0.05, 0) is 89.6 Å². The molecule has 1 saturated heterocycles. The van der Waals surface area contributed by atoms with E-state index in [9.17, 15) is 33.9 Å². The number of likely N-dealkylation sites (N-methyl/N-ethyl adjacent to an activating group) is 2. The molecule has 2 aliphatic carbocycles. The van der Waals surface area contributed by atoms with E-state index in [0.717, 1.165) is 64.2 Å². The maximum Gasteiger partial charge on any atom is 0.246 e. The quantitative estimate of drug-likeness (QED) is 0.0542. The zero-order valence-corrected chi connectivity index (χ0v) is 40.2. The van der Waals surface area contributed by atoms with Gasteiger partial charge in [0.2, 0.25) is 35.4 Å². The Hall–Kier alpha value is -3.82. The molecule has 0 aromatic heterocycles. The SMILES string of the molecule is CN[C@@H](C)C(=O)N[C@H](C(=O)N1CCCC1C(=O)N[C@H](COCC#CCOC[C@@H](NC(=O)[C@H](C)NC(=O)[C@H](NC(=O)[C@@H](CO)NC)C1CCCCC1)C(C)C)C1CCCCC1)C(C)(C)C. The number of hydrogen-bond acceptors (Lipinski definition) is 11. The van der Waals surface area contributed by atoms with Crippen LogP contribution >= 0.6 is 0 Å². The van der Waals surface area contributed by atoms with Crippen molar-refractivity contribution >= 4 is 35.4 Å². The van der Waals surface area contributed by atoms with Gasteiger partial charge in [-0.25, -0.2) is 0 Å². The van der Waals surface area contributed by atoms with Gasteiger partial charge in [-0.1, -0.05) is 85.0 Å². The topological polar surface area (TPSA) is 229 Å². The summed E-state index contributed by atoms with van der Waals surface area (Å²) in [6.45, 7) is 13.7. The van der Waals surface area contributed by atoms with Crippen molar-refractivity contribution in [2.75, 3.05) is 53.7 Å². The number of carbonyl (C=O) groups is 6. The molecule has 0 aromatic carbocycles. The summed E-state index contributed by atoms with van der Waals surface area (Å²) < 4.78 is 11.9. The minimum absolute atomic E-state index is 0.0173. The molecule has 3 aliphatic rings. The lowest BCUT2D eigenvalue weighted by Crippen LogP contribution is -2.60. The molecule has 17 nitrogen and oxygen atoms in total. The molecule has 3 fully saturated rings. The van der Waals surface area contributed by atoms with Gasteiger partial charge in [0.05, 0.1) is 37.9 Å². The molecular formula is C47H82N8O9. The van der Waals surface area contributed by atoms with Crippen LogP contribution in [0.5, 0.6) is 0 Å². The first-order chi connectivity index (χ1) is 30.4. The highest BCUT2D eigenvalue weighted by Gasteiger charge is 2.43. The summed E-state index contributed by atoms with van der Waals surface area (Å²) in [5.74, 6) is 4.15. The molecule has 64 heavy (non-hydrogen) atoms. The van der Waals surface area contributed by atoms with Crippen molar-refractivity contribution < 1.29 is 43.3 Å². The van der Waals surface area contributed by atoms with E-state index in [4.69, 9.17) is 9.47 Å². The first-order valence-electron chi connectivity index (χ1n) is 23.8. The van der Waals surface area contributed by atoms with Crippen LogP contribution in [0.2, 0.25) is 0 Å². The minimum Gasteiger partial charge on any atom is -0.394 e. The van der Waals surface area contributed by atoms with Gasteiger partial charge in [-0.15, -0.1) is 0 Å². The number of ether oxygens (including phenoxy) is 2. The Labute approximate surface area is 382 Å². The summed E-state index contributed by atoms with van der Waals surface area (Å²) in [5.41, 5.74) is -0.569. The molecule has 364 valence electrons. The van der Waals surface area contributed by atoms with Gasteiger partial charge in [0.25, 0.3) is 0 Å². The summed E-state index contributed by atoms with van der Waals surface area (Å²) in [4.78, 5) is 81.9. The summed E-state index contributed by atoms with van der Waals surface area (Å²) in [7, 11) is 3.26. The van der Waals surface area contributed by atoms with Crippen LogP contribution in [0.3, 0.4) is 0 Å². The molecule has 1 heterocycles. The number of hydrogen-bond donors (Lipinski definition) is 8. The predicted molar refractivity (Wildman–Crippen MR) is 245 cm³/mol. The summed E-state index contributed by atoms with van der Waals surface area (Å²) in [6, 6.07) is -5.04. The van der Waals surface area contributed by atoms with Crippen LogP contribution in [0.15, 0.2) is 0 Å². The number of aliphatic hydroxyl groups excluding tert-OH is 1. The highest BCUT2D eigenvalue weighted by Crippen LogP contribution is 2.30. The number of rotatable bonds is 23. The van der Waals surface area contributed by atoms with E-state index in [1.54, 1.807) is 32.8 Å². The third-order valence-electron chi connectivity index (χ3n) is 13.1. The van der Waals surface area contributed by atoms with E-state index in [1.165, 1.54) is 0 Å². The van der Waals surface area contributed by atoms with Crippen LogP contribution in [-0.2, 0) is 38.2 Å². The van der Waals surface area contributed by atoms with Crippen LogP contribution < -0.4 is 37.2 Å². The molecule has 1 aliphatic heterocycles. The Morgan fingerprint density at radius 2 is 1.23 bits per heavy atom. The van der Waals surface area contributed by atoms with Crippen LogP contribution in [0.1, 0.15) is 126 Å². The largest absolute Gasteiger partial charge is 0.394 e. The molecule has 0 aromatic rings. The lowest BCUT2D eigenvalue weighted by Gasteiger charge is -2.37. The number of carbonyl (C=O) groups excluding carboxylic acids is 6. The average Bonchev–Trinajstić information content (AvgIpc) is 3.78. The standard InChI is InChI=1S/C47H82N8O9/c1-30(2)36(51-42(58)32(4)50-45(61)39(34-21-14-11-15-22-34)53-43(59)35(27-56)49-9)28-63-25-16-17-26-64-29-37(33-19-12-10-13-20-33)52-44(60)38-23-18-24-55(38)46(62)40(47(5,6)7)54-41(57)31(3)48-8/h30-40,48-49,56H,10-15,18-29H2,1-9H3,(H,50,61)(H,51,58)(H,52,60)(H,53,59)(H,54,57)/t31-,32-,35+,36+,37+,38?,39+,40+/m0/s1. The van der Waals surface area contributed by atoms with Crippen LogP contribution in [0.25, 0.3) is 0 Å². The fraction of sp³-hybridized carbons (Fsp3) is 0.830. The van der Waals surface area contributed by atoms with Crippen molar-refractivity contribution in [3.8, 4) is 11.8 Å². The number of nitrogens with zero attached hydrogens (tertiary/aromatic N) is 1. The molecule has 8 atom stereocenters. The highest BCUT2D eigenvalue weighted by atomic mass is 16.5. The molecule has 1 unspecified atom stereocenters. The van der Waals surface area contributed by atoms with E-state index in [-0.39, 0.29) is 79.9 Å². The average molecular weight is 903 g/mol. The predicted octanol–water partition coefficient (Wildman–Crippen LogP) is 1.51. The van der Waals surface area contributed by atoms with Gasteiger partial charge in [0, 0.05) is 6.54 Å². The molecule has 3 rings (SSSR count). The summed E-state index contributed by atoms with van der Waals surface area (Å²) in [6.07, 6.45) is 11.1. The third-order valence-corrected chi connectivity index (χ3v) is 13.1. The van der Waals surface area contributed by atoms with Crippen LogP contribution in [-0.4, -0.2) is 147 Å². The van der Waals surface area contributed by atoms with Crippen molar-refractivity contribution in [2.24, 2.45) is 23.2 Å². The first kappa shape index (κ1) is 54.5. The normalized spacial score (nSPS) is 20.7. The van der Waals surface area contributed by atoms with Crippen LogP contribution in [0.4, 0.5) is 0 Å². The van der Waals surface area contributed by atoms with Gasteiger partial charge in [-0.2, -0.15) is 0 Å². The summed E-state index contributed by atoms with van der Waals surface area (Å²) in [5, 5.41) is 30.0. The highest BCUT2D eigenvalue weighted by molar-refractivity contribution is 5.94. The number of amides is 6. The molecule has 0 bridgehead atoms. The Bertz CT molecular complexity index is 1560. The van der Waals surface area contributed by atoms with Crippen molar-refractivity contribution in [3.05, 3.63) is 0 Å². The third kappa shape index (κ3) is 17.2. The molecule has 0 radical (unpaired) electrons. The van der Waals surface area contributed by atoms with E-state index in [0.29, 0.717) is 19.4 Å². The van der Waals surface area contributed by atoms with E-state index in [2.05, 4.69) is 49.1 Å². The van der Waals surface area contributed by atoms with Gasteiger partial charge >= 0.3 is 0 Å². The maximum atomic E-state index is 14.0. The zero-order valence-electron chi connectivity index (χ0n) is 40.2. The summed E-state index contributed by atoms with van der Waals surface area (Å²) >= 11 is 0. The van der Waals surface area contributed by atoms with E-state index < -0.39 is 60.1 Å². The number of likely N-dealkylation sites (tertiary alicyclic amines) is 1. The number of nitrogens with one attached hydrogen (secondary N) is 7. The van der Waals surface area contributed by atoms with E-state index >= 15 is 0 Å². The van der Waals surface area contributed by atoms with E-state index in [1.807, 2.05) is 34.6 Å². The fourth-order valence-electron chi connectivity index (χ4n) is 8.70. The van der Waals surface area contributed by atoms with Gasteiger partial charge in [0.1, 0.15) is 43.4 Å². The molecular weight excluding hydrogens is 821 g/mol. The van der Waals surface area contributed by atoms with Crippen molar-refractivity contribution in [1.29, 1.82) is 0 Å². The molecule has 8 N–H and O–H groups in total. The zero-order chi connectivity index (χ0) is 47.4. The molecule has 17 heteroatoms. The van der Waals surface area contributed by atoms with Gasteiger partial charge in [-0.3, -0.25) is 28.8 Å². The second-order valence-electron chi connectivity index (χ2n) is 19.4. The Kier molecular flexibility index (Phi) is 23.5. The fourth-order valence-corrected chi connectivity index (χ4v) is 8.70. The Balaban J connectivity index is 1.52. The molecule has 2 saturated carbocycles. The van der Waals surface area contributed by atoms with Crippen LogP contribution in [0, 0.1) is 35.0 Å². The van der Waals surface area contributed by atoms with Crippen molar-refractivity contribution in [3.63, 3.8) is 0 Å². The van der Waals surface area contributed by atoms with Crippen molar-refractivity contribution in [2.45, 2.75) is 174 Å². The smallest absolute Gasteiger partial charge is 0.246 e. The minimum atomic E-state index is -0.874. The lowest BCUT2D eigenvalue weighted by atomic mass is 9.83. The lowest BCUT2D eigenvalue weighted by molar-refractivity contribution is -0.144. The Morgan fingerprint density at radius 3 is 1.78 bits per heavy atom. The van der Waals surface area contributed by atoms with Gasteiger partial charge in [0.15, 0.2) is 0 Å². The first-order valence-corrected chi connectivity index (χ1v) is 23.8. The molecule has 0 spiro atoms. The van der Waals surface area contributed by atoms with Gasteiger partial charge < -0.3 is 56.7 Å². The molecule has 6 amide bonds. The second-order valence-corrected chi connectivity index (χ2v) is 19.4.